The molecular weight excluding hydrogens is 435 g/mol. The quantitative estimate of drug-likeness (QED) is 0.757. The molecule has 2 fully saturated rings. The number of carbonyl (C=O) groups excluding carboxylic acids is 1. The zero-order chi connectivity index (χ0) is 22.8. The number of aryl methyl sites for hydroxylation is 2. The van der Waals surface area contributed by atoms with Crippen LogP contribution in [0.4, 0.5) is 19.1 Å². The van der Waals surface area contributed by atoms with Crippen LogP contribution in [0.25, 0.3) is 0 Å². The summed E-state index contributed by atoms with van der Waals surface area (Å²) in [6.45, 7) is 5.51. The molecule has 0 aromatic carbocycles. The summed E-state index contributed by atoms with van der Waals surface area (Å²) in [5, 5.41) is 10.2. The first kappa shape index (κ1) is 22.9. The Bertz CT molecular complexity index is 935. The molecule has 4 rings (SSSR count). The monoisotopic (exact) mass is 457 g/mol. The lowest BCUT2D eigenvalue weighted by molar-refractivity contribution is -0.192. The van der Waals surface area contributed by atoms with E-state index in [9.17, 15) is 18.0 Å². The second-order valence-corrected chi connectivity index (χ2v) is 8.46. The number of thiazole rings is 1. The molecule has 1 N–H and O–H groups in total. The standard InChI is InChI=1S/C17H21N5OS.C2HF3O2/c1-11-7-18-17(19-8-11)21-6-5-15-14(21)3-4-16(23)22(15)9-13-10-24-12(2)20-13;3-2(4,5)1(6)7/h7-8,10,14-15H,3-6,9H2,1-2H3;(H,6,7)/t14-,15-;/m1./s1. The van der Waals surface area contributed by atoms with Gasteiger partial charge in [0.1, 0.15) is 0 Å². The van der Waals surface area contributed by atoms with E-state index in [1.54, 1.807) is 11.3 Å². The van der Waals surface area contributed by atoms with Crippen LogP contribution in [0.1, 0.15) is 35.5 Å². The van der Waals surface area contributed by atoms with E-state index in [1.807, 2.05) is 31.1 Å². The Kier molecular flexibility index (Phi) is 6.77. The number of hydrogen-bond acceptors (Lipinski definition) is 7. The SMILES string of the molecule is Cc1cnc(N2CC[C@@H]3[C@H]2CCC(=O)N3Cc2csc(C)n2)nc1.O=C(O)C(F)(F)F. The van der Waals surface area contributed by atoms with Crippen molar-refractivity contribution in [3.05, 3.63) is 34.0 Å². The van der Waals surface area contributed by atoms with E-state index in [1.165, 1.54) is 0 Å². The van der Waals surface area contributed by atoms with Crippen LogP contribution in [0.5, 0.6) is 0 Å². The largest absolute Gasteiger partial charge is 0.490 e. The van der Waals surface area contributed by atoms with Gasteiger partial charge in [-0.2, -0.15) is 13.2 Å². The summed E-state index contributed by atoms with van der Waals surface area (Å²) in [5.74, 6) is -1.73. The number of carboxylic acids is 1. The number of aliphatic carboxylic acids is 1. The number of piperidine rings is 1. The topological polar surface area (TPSA) is 99.5 Å². The number of alkyl halides is 3. The van der Waals surface area contributed by atoms with E-state index in [0.717, 1.165) is 41.6 Å². The minimum absolute atomic E-state index is 0.234. The number of amides is 1. The molecular formula is C19H22F3N5O3S. The molecule has 0 radical (unpaired) electrons. The van der Waals surface area contributed by atoms with Crippen LogP contribution in [0.15, 0.2) is 17.8 Å². The summed E-state index contributed by atoms with van der Waals surface area (Å²) in [6, 6.07) is 0.545. The van der Waals surface area contributed by atoms with Gasteiger partial charge in [0.25, 0.3) is 0 Å². The van der Waals surface area contributed by atoms with Gasteiger partial charge in [-0.1, -0.05) is 0 Å². The fourth-order valence-electron chi connectivity index (χ4n) is 3.79. The van der Waals surface area contributed by atoms with Crippen LogP contribution >= 0.6 is 11.3 Å². The highest BCUT2D eigenvalue weighted by Crippen LogP contribution is 2.34. The van der Waals surface area contributed by atoms with Crippen LogP contribution in [-0.2, 0) is 16.1 Å². The summed E-state index contributed by atoms with van der Waals surface area (Å²) in [4.78, 5) is 39.2. The lowest BCUT2D eigenvalue weighted by Gasteiger charge is -2.39. The minimum Gasteiger partial charge on any atom is -0.475 e. The Morgan fingerprint density at radius 1 is 1.23 bits per heavy atom. The van der Waals surface area contributed by atoms with Crippen LogP contribution in [-0.4, -0.2) is 61.6 Å². The fraction of sp³-hybridized carbons (Fsp3) is 0.526. The number of rotatable bonds is 3. The van der Waals surface area contributed by atoms with Gasteiger partial charge in [0.15, 0.2) is 0 Å². The second kappa shape index (κ2) is 9.16. The minimum atomic E-state index is -5.08. The van der Waals surface area contributed by atoms with E-state index >= 15 is 0 Å². The van der Waals surface area contributed by atoms with Crippen LogP contribution in [0.3, 0.4) is 0 Å². The Morgan fingerprint density at radius 3 is 2.42 bits per heavy atom. The molecule has 2 aromatic heterocycles. The normalized spacial score (nSPS) is 20.9. The molecule has 0 bridgehead atoms. The average Bonchev–Trinajstić information content (AvgIpc) is 3.30. The number of halogens is 3. The van der Waals surface area contributed by atoms with Gasteiger partial charge in [0, 0.05) is 30.7 Å². The molecule has 0 spiro atoms. The Hall–Kier alpha value is -2.76. The van der Waals surface area contributed by atoms with Crippen molar-refractivity contribution < 1.29 is 27.9 Å². The van der Waals surface area contributed by atoms with Crippen molar-refractivity contribution in [2.75, 3.05) is 11.4 Å². The van der Waals surface area contributed by atoms with Crippen molar-refractivity contribution in [3.8, 4) is 0 Å². The van der Waals surface area contributed by atoms with Gasteiger partial charge in [0.2, 0.25) is 11.9 Å². The molecule has 31 heavy (non-hydrogen) atoms. The molecule has 1 amide bonds. The zero-order valence-electron chi connectivity index (χ0n) is 17.0. The highest BCUT2D eigenvalue weighted by molar-refractivity contribution is 7.09. The van der Waals surface area contributed by atoms with Crippen molar-refractivity contribution in [2.24, 2.45) is 0 Å². The fourth-order valence-corrected chi connectivity index (χ4v) is 4.40. The number of hydrogen-bond donors (Lipinski definition) is 1. The van der Waals surface area contributed by atoms with Gasteiger partial charge in [-0.05, 0) is 32.3 Å². The van der Waals surface area contributed by atoms with Gasteiger partial charge >= 0.3 is 12.1 Å². The maximum atomic E-state index is 12.5. The predicted octanol–water partition coefficient (Wildman–Crippen LogP) is 2.95. The van der Waals surface area contributed by atoms with E-state index in [4.69, 9.17) is 9.90 Å². The van der Waals surface area contributed by atoms with Gasteiger partial charge in [0.05, 0.1) is 29.3 Å². The molecule has 168 valence electrons. The number of carbonyl (C=O) groups is 2. The number of likely N-dealkylation sites (tertiary alicyclic amines) is 1. The number of carboxylic acid groups (broad SMARTS) is 1. The smallest absolute Gasteiger partial charge is 0.475 e. The molecule has 2 aliphatic rings. The third-order valence-electron chi connectivity index (χ3n) is 5.15. The van der Waals surface area contributed by atoms with Crippen molar-refractivity contribution in [1.29, 1.82) is 0 Å². The average molecular weight is 457 g/mol. The number of fused-ring (bicyclic) bond motifs is 1. The summed E-state index contributed by atoms with van der Waals surface area (Å²) >= 11 is 1.64. The van der Waals surface area contributed by atoms with Crippen LogP contribution in [0, 0.1) is 13.8 Å². The third kappa shape index (κ3) is 5.49. The van der Waals surface area contributed by atoms with E-state index in [2.05, 4.69) is 25.2 Å². The van der Waals surface area contributed by atoms with Crippen molar-refractivity contribution in [3.63, 3.8) is 0 Å². The maximum absolute atomic E-state index is 12.5. The molecule has 12 heteroatoms. The van der Waals surface area contributed by atoms with Crippen LogP contribution in [0.2, 0.25) is 0 Å². The van der Waals surface area contributed by atoms with E-state index in [0.29, 0.717) is 19.0 Å². The van der Waals surface area contributed by atoms with Crippen molar-refractivity contribution in [2.45, 2.75) is 57.9 Å². The van der Waals surface area contributed by atoms with Crippen LogP contribution < -0.4 is 4.90 Å². The highest BCUT2D eigenvalue weighted by atomic mass is 32.1. The molecule has 0 saturated carbocycles. The van der Waals surface area contributed by atoms with Gasteiger partial charge in [-0.3, -0.25) is 4.79 Å². The van der Waals surface area contributed by atoms with Gasteiger partial charge in [-0.25, -0.2) is 19.7 Å². The molecule has 2 atom stereocenters. The maximum Gasteiger partial charge on any atom is 0.490 e. The number of aromatic nitrogens is 3. The lowest BCUT2D eigenvalue weighted by atomic mass is 9.96. The first-order valence-electron chi connectivity index (χ1n) is 9.62. The predicted molar refractivity (Wildman–Crippen MR) is 107 cm³/mol. The third-order valence-corrected chi connectivity index (χ3v) is 5.97. The van der Waals surface area contributed by atoms with Crippen molar-refractivity contribution >= 4 is 29.2 Å². The molecule has 2 aliphatic heterocycles. The van der Waals surface area contributed by atoms with Gasteiger partial charge in [-0.15, -0.1) is 11.3 Å². The highest BCUT2D eigenvalue weighted by Gasteiger charge is 2.44. The number of anilines is 1. The summed E-state index contributed by atoms with van der Waals surface area (Å²) < 4.78 is 31.7. The molecule has 0 aliphatic carbocycles. The molecule has 2 aromatic rings. The Balaban J connectivity index is 0.000000339. The number of nitrogens with zero attached hydrogens (tertiary/aromatic N) is 5. The summed E-state index contributed by atoms with van der Waals surface area (Å²) in [6.07, 6.45) is 1.08. The molecule has 0 unspecified atom stereocenters. The second-order valence-electron chi connectivity index (χ2n) is 7.40. The summed E-state index contributed by atoms with van der Waals surface area (Å²) in [5.41, 5.74) is 2.06. The Labute approximate surface area is 180 Å². The molecule has 8 nitrogen and oxygen atoms in total. The Morgan fingerprint density at radius 2 is 1.87 bits per heavy atom. The zero-order valence-corrected chi connectivity index (χ0v) is 17.8. The first-order chi connectivity index (χ1) is 14.6. The van der Waals surface area contributed by atoms with Gasteiger partial charge < -0.3 is 14.9 Å². The van der Waals surface area contributed by atoms with E-state index < -0.39 is 12.1 Å². The van der Waals surface area contributed by atoms with Crippen molar-refractivity contribution in [1.82, 2.24) is 19.9 Å². The molecule has 2 saturated heterocycles. The lowest BCUT2D eigenvalue weighted by Crippen LogP contribution is -2.52. The van der Waals surface area contributed by atoms with E-state index in [-0.39, 0.29) is 11.9 Å². The molecule has 4 heterocycles. The summed E-state index contributed by atoms with van der Waals surface area (Å²) in [7, 11) is 0. The first-order valence-corrected chi connectivity index (χ1v) is 10.5.